The molecular weight excluding hydrogens is 206 g/mol. The van der Waals surface area contributed by atoms with Crippen LogP contribution in [0.15, 0.2) is 18.5 Å². The molecule has 1 unspecified atom stereocenters. The molecule has 1 aliphatic heterocycles. The molecular formula is C12H15NO3. The number of pyridine rings is 1. The molecule has 4 nitrogen and oxygen atoms in total. The summed E-state index contributed by atoms with van der Waals surface area (Å²) in [6.45, 7) is 1.29. The van der Waals surface area contributed by atoms with E-state index in [1.165, 1.54) is 0 Å². The smallest absolute Gasteiger partial charge is 0.169 e. The Bertz CT molecular complexity index is 372. The Balaban J connectivity index is 2.12. The normalized spacial score (nSPS) is 20.4. The van der Waals surface area contributed by atoms with Crippen LogP contribution >= 0.6 is 0 Å². The number of carbonyl (C=O) groups is 1. The van der Waals surface area contributed by atoms with Gasteiger partial charge in [-0.3, -0.25) is 9.78 Å². The van der Waals surface area contributed by atoms with Crippen LogP contribution in [0, 0.1) is 5.92 Å². The van der Waals surface area contributed by atoms with Crippen molar-refractivity contribution in [3.05, 3.63) is 24.0 Å². The van der Waals surface area contributed by atoms with Crippen molar-refractivity contribution in [2.24, 2.45) is 5.92 Å². The van der Waals surface area contributed by atoms with Crippen molar-refractivity contribution < 1.29 is 14.3 Å². The van der Waals surface area contributed by atoms with E-state index in [1.807, 2.05) is 0 Å². The Labute approximate surface area is 94.6 Å². The molecule has 1 fully saturated rings. The molecule has 1 aromatic heterocycles. The first-order valence-electron chi connectivity index (χ1n) is 5.42. The summed E-state index contributed by atoms with van der Waals surface area (Å²) in [6, 6.07) is 1.73. The van der Waals surface area contributed by atoms with Gasteiger partial charge in [-0.1, -0.05) is 0 Å². The highest BCUT2D eigenvalue weighted by atomic mass is 16.5. The Morgan fingerprint density at radius 2 is 2.44 bits per heavy atom. The van der Waals surface area contributed by atoms with Gasteiger partial charge in [-0.2, -0.15) is 0 Å². The lowest BCUT2D eigenvalue weighted by Crippen LogP contribution is -2.25. The maximum atomic E-state index is 12.1. The molecule has 0 spiro atoms. The molecule has 86 valence electrons. The quantitative estimate of drug-likeness (QED) is 0.729. The van der Waals surface area contributed by atoms with Crippen LogP contribution in [0.1, 0.15) is 23.2 Å². The summed E-state index contributed by atoms with van der Waals surface area (Å²) in [5, 5.41) is 0. The molecule has 1 saturated heterocycles. The van der Waals surface area contributed by atoms with Crippen LogP contribution in [0.4, 0.5) is 0 Å². The molecule has 16 heavy (non-hydrogen) atoms. The molecule has 0 aromatic carbocycles. The highest BCUT2D eigenvalue weighted by molar-refractivity contribution is 5.98. The van der Waals surface area contributed by atoms with Crippen molar-refractivity contribution in [1.29, 1.82) is 0 Å². The predicted octanol–water partition coefficient (Wildman–Crippen LogP) is 1.70. The number of ether oxygens (including phenoxy) is 2. The van der Waals surface area contributed by atoms with Crippen LogP contribution in [0.3, 0.4) is 0 Å². The summed E-state index contributed by atoms with van der Waals surface area (Å²) < 4.78 is 10.4. The van der Waals surface area contributed by atoms with Crippen molar-refractivity contribution in [3.63, 3.8) is 0 Å². The average molecular weight is 221 g/mol. The van der Waals surface area contributed by atoms with Crippen molar-refractivity contribution in [2.75, 3.05) is 20.3 Å². The summed E-state index contributed by atoms with van der Waals surface area (Å²) in [5.74, 6) is 0.691. The number of ketones is 1. The molecule has 2 rings (SSSR count). The third-order valence-electron chi connectivity index (χ3n) is 2.76. The molecule has 1 aliphatic rings. The summed E-state index contributed by atoms with van der Waals surface area (Å²) in [5.41, 5.74) is 0.606. The Hall–Kier alpha value is -1.42. The first-order valence-corrected chi connectivity index (χ1v) is 5.42. The van der Waals surface area contributed by atoms with Gasteiger partial charge in [0.15, 0.2) is 5.78 Å². The zero-order valence-corrected chi connectivity index (χ0v) is 9.31. The van der Waals surface area contributed by atoms with Crippen molar-refractivity contribution in [3.8, 4) is 5.75 Å². The van der Waals surface area contributed by atoms with Crippen molar-refractivity contribution in [2.45, 2.75) is 12.8 Å². The lowest BCUT2D eigenvalue weighted by Gasteiger charge is -2.20. The number of hydrogen-bond donors (Lipinski definition) is 0. The molecule has 0 aliphatic carbocycles. The topological polar surface area (TPSA) is 48.4 Å². The van der Waals surface area contributed by atoms with E-state index >= 15 is 0 Å². The zero-order chi connectivity index (χ0) is 11.4. The molecule has 4 heteroatoms. The largest absolute Gasteiger partial charge is 0.495 e. The molecule has 0 amide bonds. The minimum atomic E-state index is -0.0253. The SMILES string of the molecule is COc1cncc(C(=O)C2CCCOC2)c1. The fraction of sp³-hybridized carbons (Fsp3) is 0.500. The number of methoxy groups -OCH3 is 1. The van der Waals surface area contributed by atoms with E-state index in [1.54, 1.807) is 25.6 Å². The summed E-state index contributed by atoms with van der Waals surface area (Å²) in [7, 11) is 1.56. The number of Topliss-reactive ketones (excluding diaryl/α,β-unsaturated/α-hetero) is 1. The highest BCUT2D eigenvalue weighted by Gasteiger charge is 2.23. The van der Waals surface area contributed by atoms with Gasteiger partial charge < -0.3 is 9.47 Å². The first kappa shape index (κ1) is 11.1. The lowest BCUT2D eigenvalue weighted by molar-refractivity contribution is 0.0461. The molecule has 1 aromatic rings. The molecule has 0 N–H and O–H groups in total. The second-order valence-electron chi connectivity index (χ2n) is 3.89. The summed E-state index contributed by atoms with van der Waals surface area (Å²) >= 11 is 0. The van der Waals surface area contributed by atoms with Gasteiger partial charge in [-0.15, -0.1) is 0 Å². The number of aromatic nitrogens is 1. The Kier molecular flexibility index (Phi) is 3.51. The molecule has 2 heterocycles. The maximum Gasteiger partial charge on any atom is 0.169 e. The lowest BCUT2D eigenvalue weighted by atomic mass is 9.93. The zero-order valence-electron chi connectivity index (χ0n) is 9.31. The van der Waals surface area contributed by atoms with Gasteiger partial charge in [0.1, 0.15) is 5.75 Å². The average Bonchev–Trinajstić information content (AvgIpc) is 2.39. The van der Waals surface area contributed by atoms with Crippen molar-refractivity contribution >= 4 is 5.78 Å². The fourth-order valence-electron chi connectivity index (χ4n) is 1.85. The van der Waals surface area contributed by atoms with Gasteiger partial charge in [0, 0.05) is 24.3 Å². The predicted molar refractivity (Wildman–Crippen MR) is 58.7 cm³/mol. The monoisotopic (exact) mass is 221 g/mol. The number of carbonyl (C=O) groups excluding carboxylic acids is 1. The van der Waals surface area contributed by atoms with Gasteiger partial charge in [-0.25, -0.2) is 0 Å². The van der Waals surface area contributed by atoms with Gasteiger partial charge in [0.2, 0.25) is 0 Å². The van der Waals surface area contributed by atoms with Crippen LogP contribution in [-0.4, -0.2) is 31.1 Å². The van der Waals surface area contributed by atoms with E-state index < -0.39 is 0 Å². The Morgan fingerprint density at radius 1 is 1.56 bits per heavy atom. The second-order valence-corrected chi connectivity index (χ2v) is 3.89. The minimum absolute atomic E-state index is 0.0253. The van der Waals surface area contributed by atoms with Gasteiger partial charge in [0.05, 0.1) is 19.9 Å². The summed E-state index contributed by atoms with van der Waals surface area (Å²) in [6.07, 6.45) is 5.03. The van der Waals surface area contributed by atoms with E-state index in [4.69, 9.17) is 9.47 Å². The number of rotatable bonds is 3. The van der Waals surface area contributed by atoms with E-state index in [-0.39, 0.29) is 11.7 Å². The van der Waals surface area contributed by atoms with Gasteiger partial charge in [0.25, 0.3) is 0 Å². The van der Waals surface area contributed by atoms with E-state index in [0.717, 1.165) is 19.4 Å². The highest BCUT2D eigenvalue weighted by Crippen LogP contribution is 2.20. The fourth-order valence-corrected chi connectivity index (χ4v) is 1.85. The minimum Gasteiger partial charge on any atom is -0.495 e. The summed E-state index contributed by atoms with van der Waals surface area (Å²) in [4.78, 5) is 16.1. The van der Waals surface area contributed by atoms with Crippen LogP contribution in [-0.2, 0) is 4.74 Å². The third-order valence-corrected chi connectivity index (χ3v) is 2.76. The van der Waals surface area contributed by atoms with Gasteiger partial charge in [-0.05, 0) is 18.9 Å². The van der Waals surface area contributed by atoms with Crippen LogP contribution < -0.4 is 4.74 Å². The standard InChI is InChI=1S/C12H15NO3/c1-15-11-5-10(6-13-7-11)12(14)9-3-2-4-16-8-9/h5-7,9H,2-4,8H2,1H3. The van der Waals surface area contributed by atoms with Crippen LogP contribution in [0.5, 0.6) is 5.75 Å². The van der Waals surface area contributed by atoms with Crippen LogP contribution in [0.25, 0.3) is 0 Å². The van der Waals surface area contributed by atoms with E-state index in [2.05, 4.69) is 4.98 Å². The first-order chi connectivity index (χ1) is 7.81. The molecule has 0 radical (unpaired) electrons. The second kappa shape index (κ2) is 5.07. The molecule has 1 atom stereocenters. The molecule has 0 saturated carbocycles. The van der Waals surface area contributed by atoms with Crippen molar-refractivity contribution in [1.82, 2.24) is 4.98 Å². The number of hydrogen-bond acceptors (Lipinski definition) is 4. The van der Waals surface area contributed by atoms with E-state index in [0.29, 0.717) is 17.9 Å². The Morgan fingerprint density at radius 3 is 3.12 bits per heavy atom. The molecule has 0 bridgehead atoms. The van der Waals surface area contributed by atoms with Gasteiger partial charge >= 0.3 is 0 Å². The maximum absolute atomic E-state index is 12.1. The third kappa shape index (κ3) is 2.39. The number of nitrogens with zero attached hydrogens (tertiary/aromatic N) is 1. The van der Waals surface area contributed by atoms with E-state index in [9.17, 15) is 4.79 Å². The van der Waals surface area contributed by atoms with Crippen LogP contribution in [0.2, 0.25) is 0 Å².